The number of rotatable bonds is 4. The summed E-state index contributed by atoms with van der Waals surface area (Å²) in [5.74, 6) is 0.274. The van der Waals surface area contributed by atoms with Gasteiger partial charge in [-0.3, -0.25) is 0 Å². The van der Waals surface area contributed by atoms with Gasteiger partial charge in [-0.05, 0) is 21.8 Å². The molecule has 0 aliphatic rings. The molecule has 1 atom stereocenters. The fourth-order valence-electron chi connectivity index (χ4n) is 0.764. The molecule has 2 N–H and O–H groups in total. The largest absolute Gasteiger partial charge is 0.391 e. The highest BCUT2D eigenvalue weighted by atomic mass is 79.9. The number of aliphatic hydroxyl groups is 1. The van der Waals surface area contributed by atoms with Gasteiger partial charge < -0.3 is 10.4 Å². The Hall–Kier alpha value is -0.130. The lowest BCUT2D eigenvalue weighted by Crippen LogP contribution is -2.24. The van der Waals surface area contributed by atoms with Crippen molar-refractivity contribution in [3.63, 3.8) is 0 Å². The number of thiazole rings is 1. The third kappa shape index (κ3) is 3.62. The molecule has 5 heteroatoms. The van der Waals surface area contributed by atoms with E-state index in [1.165, 1.54) is 11.3 Å². The maximum atomic E-state index is 9.50. The van der Waals surface area contributed by atoms with Gasteiger partial charge >= 0.3 is 0 Å². The van der Waals surface area contributed by atoms with Crippen molar-refractivity contribution < 1.29 is 5.11 Å². The molecule has 0 amide bonds. The van der Waals surface area contributed by atoms with Crippen LogP contribution in [-0.4, -0.2) is 22.7 Å². The first-order chi connectivity index (χ1) is 6.09. The average molecular weight is 265 g/mol. The van der Waals surface area contributed by atoms with Crippen LogP contribution in [0, 0.1) is 5.92 Å². The van der Waals surface area contributed by atoms with E-state index in [0.29, 0.717) is 6.54 Å². The fourth-order valence-corrected chi connectivity index (χ4v) is 1.88. The molecule has 1 rings (SSSR count). The van der Waals surface area contributed by atoms with Gasteiger partial charge in [-0.1, -0.05) is 25.2 Å². The summed E-state index contributed by atoms with van der Waals surface area (Å²) >= 11 is 4.85. The third-order valence-corrected chi connectivity index (χ3v) is 3.14. The van der Waals surface area contributed by atoms with Crippen molar-refractivity contribution >= 4 is 32.4 Å². The highest BCUT2D eigenvalue weighted by Crippen LogP contribution is 2.23. The monoisotopic (exact) mass is 264 g/mol. The molecule has 1 heterocycles. The standard InChI is InChI=1S/C8H13BrN2OS/c1-5(2)6(12)3-10-8-11-4-7(9)13-8/h4-6,12H,3H2,1-2H3,(H,10,11). The smallest absolute Gasteiger partial charge is 0.183 e. The first-order valence-electron chi connectivity index (χ1n) is 4.13. The summed E-state index contributed by atoms with van der Waals surface area (Å²) in [6, 6.07) is 0. The Bertz CT molecular complexity index is 264. The first-order valence-corrected chi connectivity index (χ1v) is 5.74. The maximum absolute atomic E-state index is 9.50. The summed E-state index contributed by atoms with van der Waals surface area (Å²) in [6.07, 6.45) is 1.43. The quantitative estimate of drug-likeness (QED) is 0.878. The van der Waals surface area contributed by atoms with Crippen LogP contribution in [0.4, 0.5) is 5.13 Å². The lowest BCUT2D eigenvalue weighted by atomic mass is 10.1. The van der Waals surface area contributed by atoms with Crippen molar-refractivity contribution in [2.45, 2.75) is 20.0 Å². The van der Waals surface area contributed by atoms with Gasteiger partial charge in [-0.2, -0.15) is 0 Å². The van der Waals surface area contributed by atoms with Crippen LogP contribution in [-0.2, 0) is 0 Å². The number of nitrogens with one attached hydrogen (secondary N) is 1. The van der Waals surface area contributed by atoms with Crippen LogP contribution in [0.15, 0.2) is 9.98 Å². The van der Waals surface area contributed by atoms with E-state index in [0.717, 1.165) is 8.92 Å². The molecule has 0 aromatic carbocycles. The van der Waals surface area contributed by atoms with E-state index in [1.54, 1.807) is 6.20 Å². The second kappa shape index (κ2) is 4.93. The molecular formula is C8H13BrN2OS. The minimum Gasteiger partial charge on any atom is -0.391 e. The Labute approximate surface area is 90.3 Å². The fraction of sp³-hybridized carbons (Fsp3) is 0.625. The summed E-state index contributed by atoms with van der Waals surface area (Å²) < 4.78 is 0.994. The number of hydrogen-bond donors (Lipinski definition) is 2. The van der Waals surface area contributed by atoms with Crippen LogP contribution in [0.3, 0.4) is 0 Å². The van der Waals surface area contributed by atoms with Crippen molar-refractivity contribution in [2.24, 2.45) is 5.92 Å². The molecule has 0 saturated heterocycles. The van der Waals surface area contributed by atoms with Crippen LogP contribution in [0.5, 0.6) is 0 Å². The van der Waals surface area contributed by atoms with Crippen LogP contribution < -0.4 is 5.32 Å². The van der Waals surface area contributed by atoms with Gasteiger partial charge in [0.25, 0.3) is 0 Å². The van der Waals surface area contributed by atoms with Crippen molar-refractivity contribution in [1.82, 2.24) is 4.98 Å². The molecule has 1 aromatic heterocycles. The zero-order valence-electron chi connectivity index (χ0n) is 7.62. The minimum atomic E-state index is -0.317. The third-order valence-electron chi connectivity index (χ3n) is 1.71. The van der Waals surface area contributed by atoms with Gasteiger partial charge in [0.2, 0.25) is 0 Å². The van der Waals surface area contributed by atoms with Gasteiger partial charge in [-0.15, -0.1) is 0 Å². The van der Waals surface area contributed by atoms with Crippen LogP contribution in [0.2, 0.25) is 0 Å². The predicted octanol–water partition coefficient (Wildman–Crippen LogP) is 2.33. The Morgan fingerprint density at radius 2 is 2.38 bits per heavy atom. The van der Waals surface area contributed by atoms with E-state index in [4.69, 9.17) is 0 Å². The molecule has 1 aromatic rings. The van der Waals surface area contributed by atoms with Crippen LogP contribution in [0.25, 0.3) is 0 Å². The van der Waals surface area contributed by atoms with E-state index in [-0.39, 0.29) is 12.0 Å². The molecule has 0 saturated carbocycles. The summed E-state index contributed by atoms with van der Waals surface area (Å²) in [7, 11) is 0. The van der Waals surface area contributed by atoms with Crippen molar-refractivity contribution in [1.29, 1.82) is 0 Å². The number of anilines is 1. The number of hydrogen-bond acceptors (Lipinski definition) is 4. The van der Waals surface area contributed by atoms with E-state index >= 15 is 0 Å². The molecular weight excluding hydrogens is 252 g/mol. The molecule has 13 heavy (non-hydrogen) atoms. The number of halogens is 1. The number of aliphatic hydroxyl groups excluding tert-OH is 1. The highest BCUT2D eigenvalue weighted by molar-refractivity contribution is 9.11. The lowest BCUT2D eigenvalue weighted by Gasteiger charge is -2.14. The van der Waals surface area contributed by atoms with E-state index in [9.17, 15) is 5.11 Å². The van der Waals surface area contributed by atoms with Crippen LogP contribution in [0.1, 0.15) is 13.8 Å². The Kier molecular flexibility index (Phi) is 4.15. The summed E-state index contributed by atoms with van der Waals surface area (Å²) in [5.41, 5.74) is 0. The minimum absolute atomic E-state index is 0.274. The van der Waals surface area contributed by atoms with E-state index in [2.05, 4.69) is 26.2 Å². The Balaban J connectivity index is 2.35. The van der Waals surface area contributed by atoms with Crippen molar-refractivity contribution in [3.05, 3.63) is 9.98 Å². The molecule has 1 unspecified atom stereocenters. The van der Waals surface area contributed by atoms with E-state index < -0.39 is 0 Å². The Morgan fingerprint density at radius 3 is 2.85 bits per heavy atom. The molecule has 3 nitrogen and oxygen atoms in total. The molecule has 0 radical (unpaired) electrons. The van der Waals surface area contributed by atoms with E-state index in [1.807, 2.05) is 13.8 Å². The summed E-state index contributed by atoms with van der Waals surface area (Å²) in [6.45, 7) is 4.53. The number of aromatic nitrogens is 1. The van der Waals surface area contributed by atoms with Gasteiger partial charge in [0.15, 0.2) is 5.13 Å². The normalized spacial score (nSPS) is 13.3. The zero-order chi connectivity index (χ0) is 9.84. The molecule has 0 fully saturated rings. The second-order valence-electron chi connectivity index (χ2n) is 3.16. The topological polar surface area (TPSA) is 45.1 Å². The molecule has 0 bridgehead atoms. The molecule has 0 aliphatic heterocycles. The Morgan fingerprint density at radius 1 is 1.69 bits per heavy atom. The van der Waals surface area contributed by atoms with Gasteiger partial charge in [0.05, 0.1) is 16.1 Å². The number of nitrogens with zero attached hydrogens (tertiary/aromatic N) is 1. The molecule has 74 valence electrons. The highest BCUT2D eigenvalue weighted by Gasteiger charge is 2.09. The second-order valence-corrected chi connectivity index (χ2v) is 5.57. The lowest BCUT2D eigenvalue weighted by molar-refractivity contribution is 0.138. The molecule has 0 aliphatic carbocycles. The first kappa shape index (κ1) is 10.9. The molecule has 0 spiro atoms. The van der Waals surface area contributed by atoms with Gasteiger partial charge in [0, 0.05) is 6.54 Å². The van der Waals surface area contributed by atoms with Crippen LogP contribution >= 0.6 is 27.3 Å². The van der Waals surface area contributed by atoms with Crippen molar-refractivity contribution in [3.8, 4) is 0 Å². The zero-order valence-corrected chi connectivity index (χ0v) is 10.0. The summed E-state index contributed by atoms with van der Waals surface area (Å²) in [5, 5.41) is 13.4. The summed E-state index contributed by atoms with van der Waals surface area (Å²) in [4.78, 5) is 4.10. The van der Waals surface area contributed by atoms with Gasteiger partial charge in [-0.25, -0.2) is 4.98 Å². The average Bonchev–Trinajstić information content (AvgIpc) is 2.47. The SMILES string of the molecule is CC(C)C(O)CNc1ncc(Br)s1. The van der Waals surface area contributed by atoms with Crippen molar-refractivity contribution in [2.75, 3.05) is 11.9 Å². The maximum Gasteiger partial charge on any atom is 0.183 e. The van der Waals surface area contributed by atoms with Gasteiger partial charge in [0.1, 0.15) is 0 Å². The predicted molar refractivity (Wildman–Crippen MR) is 59.1 cm³/mol.